The van der Waals surface area contributed by atoms with Crippen LogP contribution in [0.15, 0.2) is 24.3 Å². The summed E-state index contributed by atoms with van der Waals surface area (Å²) in [6.45, 7) is 6.70. The summed E-state index contributed by atoms with van der Waals surface area (Å²) >= 11 is 0. The molecule has 2 saturated heterocycles. The maximum absolute atomic E-state index is 12.2. The van der Waals surface area contributed by atoms with Gasteiger partial charge in [0.25, 0.3) is 0 Å². The van der Waals surface area contributed by atoms with Gasteiger partial charge in [-0.15, -0.1) is 0 Å². The molecule has 2 aromatic rings. The molecule has 6 nitrogen and oxygen atoms in total. The van der Waals surface area contributed by atoms with E-state index in [9.17, 15) is 4.79 Å². The zero-order chi connectivity index (χ0) is 18.6. The van der Waals surface area contributed by atoms with Crippen molar-refractivity contribution in [1.82, 2.24) is 25.5 Å². The molecule has 0 spiro atoms. The predicted octanol–water partition coefficient (Wildman–Crippen LogP) is 2.02. The molecule has 6 heteroatoms. The zero-order valence-electron chi connectivity index (χ0n) is 16.1. The number of piperidine rings is 1. The summed E-state index contributed by atoms with van der Waals surface area (Å²) in [6.07, 6.45) is 4.41. The fourth-order valence-corrected chi connectivity index (χ4v) is 4.22. The van der Waals surface area contributed by atoms with Gasteiger partial charge in [-0.2, -0.15) is 0 Å². The molecule has 0 aliphatic carbocycles. The number of carbonyl (C=O) groups excluding carboxylic acids is 1. The van der Waals surface area contributed by atoms with Crippen molar-refractivity contribution in [2.75, 3.05) is 26.2 Å². The molecule has 144 valence electrons. The van der Waals surface area contributed by atoms with Crippen molar-refractivity contribution in [1.29, 1.82) is 0 Å². The van der Waals surface area contributed by atoms with Crippen molar-refractivity contribution in [3.63, 3.8) is 0 Å². The number of amides is 1. The Labute approximate surface area is 160 Å². The fourth-order valence-electron chi connectivity index (χ4n) is 4.22. The first-order chi connectivity index (χ1) is 13.2. The summed E-state index contributed by atoms with van der Waals surface area (Å²) in [6, 6.07) is 8.06. The number of nitrogens with zero attached hydrogens (tertiary/aromatic N) is 3. The minimum atomic E-state index is 0.0141. The van der Waals surface area contributed by atoms with Crippen LogP contribution in [0.2, 0.25) is 0 Å². The van der Waals surface area contributed by atoms with E-state index >= 15 is 0 Å². The van der Waals surface area contributed by atoms with Crippen LogP contribution in [0.1, 0.15) is 37.1 Å². The number of benzene rings is 1. The van der Waals surface area contributed by atoms with Gasteiger partial charge in [0, 0.05) is 19.6 Å². The smallest absolute Gasteiger partial charge is 0.237 e. The van der Waals surface area contributed by atoms with Gasteiger partial charge in [0.1, 0.15) is 0 Å². The van der Waals surface area contributed by atoms with Crippen LogP contribution in [-0.4, -0.2) is 53.0 Å². The third kappa shape index (κ3) is 4.45. The molecule has 3 heterocycles. The van der Waals surface area contributed by atoms with Crippen molar-refractivity contribution in [3.05, 3.63) is 35.7 Å². The maximum atomic E-state index is 12.2. The first-order valence-electron chi connectivity index (χ1n) is 10.1. The highest BCUT2D eigenvalue weighted by atomic mass is 16.2. The SMILES string of the molecule is Cc1nc2ccccc2nc1CN1CCCC(CNC(=O)C2CCCN2)C1. The number of fused-ring (bicyclic) bond motifs is 1. The molecular weight excluding hydrogens is 338 g/mol. The summed E-state index contributed by atoms with van der Waals surface area (Å²) in [5, 5.41) is 6.43. The van der Waals surface area contributed by atoms with Gasteiger partial charge >= 0.3 is 0 Å². The third-order valence-corrected chi connectivity index (χ3v) is 5.76. The van der Waals surface area contributed by atoms with Gasteiger partial charge in [-0.05, 0) is 63.7 Å². The van der Waals surface area contributed by atoms with Crippen molar-refractivity contribution in [3.8, 4) is 0 Å². The first kappa shape index (κ1) is 18.3. The van der Waals surface area contributed by atoms with Crippen molar-refractivity contribution >= 4 is 16.9 Å². The average molecular weight is 367 g/mol. The number of likely N-dealkylation sites (tertiary alicyclic amines) is 1. The topological polar surface area (TPSA) is 70.2 Å². The van der Waals surface area contributed by atoms with Crippen LogP contribution in [-0.2, 0) is 11.3 Å². The van der Waals surface area contributed by atoms with Crippen molar-refractivity contribution < 1.29 is 4.79 Å². The molecule has 2 aliphatic rings. The maximum Gasteiger partial charge on any atom is 0.237 e. The average Bonchev–Trinajstić information content (AvgIpc) is 3.22. The molecule has 4 rings (SSSR count). The number of nitrogens with one attached hydrogen (secondary N) is 2. The lowest BCUT2D eigenvalue weighted by Crippen LogP contribution is -2.45. The Hall–Kier alpha value is -2.05. The minimum Gasteiger partial charge on any atom is -0.354 e. The molecule has 0 bridgehead atoms. The number of hydrogen-bond donors (Lipinski definition) is 2. The predicted molar refractivity (Wildman–Crippen MR) is 106 cm³/mol. The molecule has 1 aromatic carbocycles. The number of hydrogen-bond acceptors (Lipinski definition) is 5. The fraction of sp³-hybridized carbons (Fsp3) is 0.571. The molecule has 2 aliphatic heterocycles. The van der Waals surface area contributed by atoms with Crippen LogP contribution in [0, 0.1) is 12.8 Å². The third-order valence-electron chi connectivity index (χ3n) is 5.76. The van der Waals surface area contributed by atoms with Crippen molar-refractivity contribution in [2.24, 2.45) is 5.92 Å². The highest BCUT2D eigenvalue weighted by molar-refractivity contribution is 5.82. The van der Waals surface area contributed by atoms with Gasteiger partial charge < -0.3 is 10.6 Å². The highest BCUT2D eigenvalue weighted by Gasteiger charge is 2.25. The van der Waals surface area contributed by atoms with Crippen LogP contribution in [0.3, 0.4) is 0 Å². The molecule has 27 heavy (non-hydrogen) atoms. The Bertz CT molecular complexity index is 802. The summed E-state index contributed by atoms with van der Waals surface area (Å²) in [5.41, 5.74) is 3.99. The monoisotopic (exact) mass is 367 g/mol. The Balaban J connectivity index is 1.34. The molecule has 1 amide bonds. The molecule has 2 unspecified atom stereocenters. The Morgan fingerprint density at radius 1 is 1.22 bits per heavy atom. The molecule has 2 atom stereocenters. The van der Waals surface area contributed by atoms with Gasteiger partial charge in [-0.25, -0.2) is 9.97 Å². The molecular formula is C21H29N5O. The van der Waals surface area contributed by atoms with E-state index in [-0.39, 0.29) is 11.9 Å². The second-order valence-corrected chi connectivity index (χ2v) is 7.88. The van der Waals surface area contributed by atoms with E-state index in [1.54, 1.807) is 0 Å². The lowest BCUT2D eigenvalue weighted by Gasteiger charge is -2.33. The van der Waals surface area contributed by atoms with Gasteiger partial charge in [-0.1, -0.05) is 12.1 Å². The normalized spacial score (nSPS) is 23.6. The number of carbonyl (C=O) groups is 1. The highest BCUT2D eigenvalue weighted by Crippen LogP contribution is 2.20. The number of aryl methyl sites for hydroxylation is 1. The molecule has 2 N–H and O–H groups in total. The lowest BCUT2D eigenvalue weighted by atomic mass is 9.97. The Kier molecular flexibility index (Phi) is 5.64. The summed E-state index contributed by atoms with van der Waals surface area (Å²) in [7, 11) is 0. The van der Waals surface area contributed by atoms with Gasteiger partial charge in [0.15, 0.2) is 0 Å². The van der Waals surface area contributed by atoms with E-state index in [4.69, 9.17) is 9.97 Å². The molecule has 0 saturated carbocycles. The first-order valence-corrected chi connectivity index (χ1v) is 10.1. The minimum absolute atomic E-state index is 0.0141. The van der Waals surface area contributed by atoms with E-state index in [0.29, 0.717) is 5.92 Å². The quantitative estimate of drug-likeness (QED) is 0.846. The number of rotatable bonds is 5. The van der Waals surface area contributed by atoms with Crippen molar-refractivity contribution in [2.45, 2.75) is 45.2 Å². The van der Waals surface area contributed by atoms with Gasteiger partial charge in [-0.3, -0.25) is 9.69 Å². The van der Waals surface area contributed by atoms with Crippen LogP contribution in [0.5, 0.6) is 0 Å². The Morgan fingerprint density at radius 3 is 2.81 bits per heavy atom. The second-order valence-electron chi connectivity index (χ2n) is 7.88. The van der Waals surface area contributed by atoms with E-state index < -0.39 is 0 Å². The standard InChI is InChI=1S/C21H29N5O/c1-15-20(25-18-8-3-2-7-17(18)24-15)14-26-11-5-6-16(13-26)12-23-21(27)19-9-4-10-22-19/h2-3,7-8,16,19,22H,4-6,9-14H2,1H3,(H,23,27). The van der Waals surface area contributed by atoms with E-state index in [1.165, 1.54) is 12.8 Å². The largest absolute Gasteiger partial charge is 0.354 e. The van der Waals surface area contributed by atoms with E-state index in [1.807, 2.05) is 31.2 Å². The zero-order valence-corrected chi connectivity index (χ0v) is 16.1. The molecule has 2 fully saturated rings. The van der Waals surface area contributed by atoms with Crippen LogP contribution in [0.25, 0.3) is 11.0 Å². The Morgan fingerprint density at radius 2 is 2.04 bits per heavy atom. The van der Waals surface area contributed by atoms with Crippen LogP contribution < -0.4 is 10.6 Å². The van der Waals surface area contributed by atoms with Crippen LogP contribution in [0.4, 0.5) is 0 Å². The summed E-state index contributed by atoms with van der Waals surface area (Å²) < 4.78 is 0. The number of aromatic nitrogens is 2. The van der Waals surface area contributed by atoms with Gasteiger partial charge in [0.05, 0.1) is 28.5 Å². The molecule has 1 aromatic heterocycles. The second kappa shape index (κ2) is 8.31. The number of para-hydroxylation sites is 2. The van der Waals surface area contributed by atoms with E-state index in [2.05, 4.69) is 15.5 Å². The summed E-state index contributed by atoms with van der Waals surface area (Å²) in [5.74, 6) is 0.679. The lowest BCUT2D eigenvalue weighted by molar-refractivity contribution is -0.123. The summed E-state index contributed by atoms with van der Waals surface area (Å²) in [4.78, 5) is 24.2. The molecule has 0 radical (unpaired) electrons. The van der Waals surface area contributed by atoms with Crippen LogP contribution >= 0.6 is 0 Å². The van der Waals surface area contributed by atoms with E-state index in [0.717, 1.165) is 68.0 Å². The van der Waals surface area contributed by atoms with Gasteiger partial charge in [0.2, 0.25) is 5.91 Å².